The second-order valence-electron chi connectivity index (χ2n) is 3.82. The van der Waals surface area contributed by atoms with Gasteiger partial charge in [0, 0.05) is 25.3 Å². The van der Waals surface area contributed by atoms with Crippen LogP contribution in [0, 0.1) is 0 Å². The Bertz CT molecular complexity index is 358. The summed E-state index contributed by atoms with van der Waals surface area (Å²) in [7, 11) is 0. The molecule has 0 unspecified atom stereocenters. The molecule has 0 atom stereocenters. The zero-order chi connectivity index (χ0) is 11.6. The zero-order valence-corrected chi connectivity index (χ0v) is 8.63. The molecule has 1 saturated heterocycles. The maximum atomic E-state index is 12.7. The zero-order valence-electron chi connectivity index (χ0n) is 8.63. The average Bonchev–Trinajstić information content (AvgIpc) is 2.29. The summed E-state index contributed by atoms with van der Waals surface area (Å²) in [6.07, 6.45) is -1.68. The van der Waals surface area contributed by atoms with E-state index in [0.717, 1.165) is 6.07 Å². The minimum Gasteiger partial charge on any atom is -0.381 e. The van der Waals surface area contributed by atoms with Crippen LogP contribution >= 0.6 is 0 Å². The highest BCUT2D eigenvalue weighted by Gasteiger charge is 2.36. The minimum absolute atomic E-state index is 0.133. The topological polar surface area (TPSA) is 22.1 Å². The molecule has 2 rings (SSSR count). The van der Waals surface area contributed by atoms with Crippen LogP contribution < -0.4 is 0 Å². The Labute approximate surface area is 91.4 Å². The maximum absolute atomic E-state index is 12.7. The second kappa shape index (κ2) is 4.41. The van der Waals surface area contributed by atoms with Crippen molar-refractivity contribution in [2.45, 2.75) is 24.9 Å². The molecule has 0 radical (unpaired) electrons. The van der Waals surface area contributed by atoms with Crippen molar-refractivity contribution in [2.24, 2.45) is 0 Å². The molecule has 0 aromatic carbocycles. The average molecular weight is 231 g/mol. The summed E-state index contributed by atoms with van der Waals surface area (Å²) in [6, 6.07) is 2.42. The maximum Gasteiger partial charge on any atom is 0.418 e. The van der Waals surface area contributed by atoms with Gasteiger partial charge in [0.2, 0.25) is 0 Å². The first-order valence-electron chi connectivity index (χ1n) is 5.19. The summed E-state index contributed by atoms with van der Waals surface area (Å²) >= 11 is 0. The summed E-state index contributed by atoms with van der Waals surface area (Å²) in [5.74, 6) is -0.133. The largest absolute Gasteiger partial charge is 0.418 e. The van der Waals surface area contributed by atoms with E-state index < -0.39 is 11.7 Å². The molecule has 5 heteroatoms. The van der Waals surface area contributed by atoms with E-state index in [1.807, 2.05) is 0 Å². The highest BCUT2D eigenvalue weighted by molar-refractivity contribution is 5.26. The summed E-state index contributed by atoms with van der Waals surface area (Å²) < 4.78 is 43.3. The molecule has 2 heterocycles. The number of hydrogen-bond acceptors (Lipinski definition) is 2. The van der Waals surface area contributed by atoms with E-state index in [0.29, 0.717) is 26.1 Å². The Morgan fingerprint density at radius 3 is 2.56 bits per heavy atom. The van der Waals surface area contributed by atoms with Gasteiger partial charge in [-0.2, -0.15) is 13.2 Å². The number of aromatic nitrogens is 1. The van der Waals surface area contributed by atoms with E-state index in [2.05, 4.69) is 4.98 Å². The van der Waals surface area contributed by atoms with Gasteiger partial charge in [0.25, 0.3) is 0 Å². The van der Waals surface area contributed by atoms with Gasteiger partial charge in [0.15, 0.2) is 0 Å². The lowest BCUT2D eigenvalue weighted by molar-refractivity contribution is -0.138. The molecule has 2 nitrogen and oxygen atoms in total. The molecule has 0 saturated carbocycles. The van der Waals surface area contributed by atoms with Gasteiger partial charge in [0.05, 0.1) is 11.3 Å². The smallest absolute Gasteiger partial charge is 0.381 e. The number of hydrogen-bond donors (Lipinski definition) is 0. The van der Waals surface area contributed by atoms with Gasteiger partial charge in [-0.05, 0) is 25.0 Å². The Morgan fingerprint density at radius 2 is 1.94 bits per heavy atom. The standard InChI is InChI=1S/C11H12F3NO/c12-11(13,14)9-2-1-5-15-10(9)8-3-6-16-7-4-8/h1-2,5,8H,3-4,6-7H2. The van der Waals surface area contributed by atoms with Gasteiger partial charge in [-0.25, -0.2) is 0 Å². The summed E-state index contributed by atoms with van der Waals surface area (Å²) in [5.41, 5.74) is -0.444. The molecule has 1 aromatic heterocycles. The molecule has 1 aliphatic rings. The Hall–Kier alpha value is -1.10. The quantitative estimate of drug-likeness (QED) is 0.741. The third-order valence-corrected chi connectivity index (χ3v) is 2.75. The number of pyridine rings is 1. The van der Waals surface area contributed by atoms with Crippen LogP contribution in [0.4, 0.5) is 13.2 Å². The lowest BCUT2D eigenvalue weighted by Gasteiger charge is -2.24. The molecule has 1 aliphatic heterocycles. The summed E-state index contributed by atoms with van der Waals surface area (Å²) in [6.45, 7) is 1.02. The van der Waals surface area contributed by atoms with Gasteiger partial charge in [-0.3, -0.25) is 4.98 Å². The molecule has 0 bridgehead atoms. The third-order valence-electron chi connectivity index (χ3n) is 2.75. The molecule has 88 valence electrons. The fourth-order valence-electron chi connectivity index (χ4n) is 1.95. The number of halogens is 3. The molecule has 0 N–H and O–H groups in total. The van der Waals surface area contributed by atoms with E-state index in [-0.39, 0.29) is 11.6 Å². The number of ether oxygens (including phenoxy) is 1. The van der Waals surface area contributed by atoms with Crippen molar-refractivity contribution in [3.63, 3.8) is 0 Å². The molecule has 0 aliphatic carbocycles. The van der Waals surface area contributed by atoms with Crippen LogP contribution in [0.25, 0.3) is 0 Å². The first-order valence-corrected chi connectivity index (χ1v) is 5.19. The fourth-order valence-corrected chi connectivity index (χ4v) is 1.95. The highest BCUT2D eigenvalue weighted by Crippen LogP contribution is 2.36. The van der Waals surface area contributed by atoms with Gasteiger partial charge >= 0.3 is 6.18 Å². The van der Waals surface area contributed by atoms with Crippen molar-refractivity contribution in [2.75, 3.05) is 13.2 Å². The molecule has 16 heavy (non-hydrogen) atoms. The van der Waals surface area contributed by atoms with Crippen LogP contribution in [0.15, 0.2) is 18.3 Å². The van der Waals surface area contributed by atoms with Crippen LogP contribution in [0.2, 0.25) is 0 Å². The van der Waals surface area contributed by atoms with Crippen LogP contribution in [0.3, 0.4) is 0 Å². The Kier molecular flexibility index (Phi) is 3.14. The van der Waals surface area contributed by atoms with E-state index in [1.54, 1.807) is 0 Å². The Balaban J connectivity index is 2.32. The number of rotatable bonds is 1. The normalized spacial score (nSPS) is 18.7. The number of alkyl halides is 3. The summed E-state index contributed by atoms with van der Waals surface area (Å²) in [5, 5.41) is 0. The second-order valence-corrected chi connectivity index (χ2v) is 3.82. The third kappa shape index (κ3) is 2.35. The predicted molar refractivity (Wildman–Crippen MR) is 52.0 cm³/mol. The van der Waals surface area contributed by atoms with E-state index in [9.17, 15) is 13.2 Å². The SMILES string of the molecule is FC(F)(F)c1cccnc1C1CCOCC1. The van der Waals surface area contributed by atoms with Crippen LogP contribution in [-0.4, -0.2) is 18.2 Å². The first kappa shape index (κ1) is 11.4. The predicted octanol–water partition coefficient (Wildman–Crippen LogP) is 2.99. The molecular formula is C11H12F3NO. The van der Waals surface area contributed by atoms with Crippen molar-refractivity contribution in [3.8, 4) is 0 Å². The van der Waals surface area contributed by atoms with Gasteiger partial charge in [-0.1, -0.05) is 0 Å². The minimum atomic E-state index is -4.32. The van der Waals surface area contributed by atoms with Crippen LogP contribution in [-0.2, 0) is 10.9 Å². The van der Waals surface area contributed by atoms with E-state index in [4.69, 9.17) is 4.74 Å². The van der Waals surface area contributed by atoms with Crippen LogP contribution in [0.5, 0.6) is 0 Å². The van der Waals surface area contributed by atoms with Crippen molar-refractivity contribution in [1.82, 2.24) is 4.98 Å². The van der Waals surface area contributed by atoms with Crippen molar-refractivity contribution < 1.29 is 17.9 Å². The van der Waals surface area contributed by atoms with Crippen molar-refractivity contribution in [3.05, 3.63) is 29.6 Å². The van der Waals surface area contributed by atoms with E-state index >= 15 is 0 Å². The summed E-state index contributed by atoms with van der Waals surface area (Å²) in [4.78, 5) is 3.89. The lowest BCUT2D eigenvalue weighted by Crippen LogP contribution is -2.19. The molecule has 0 spiro atoms. The van der Waals surface area contributed by atoms with Crippen molar-refractivity contribution >= 4 is 0 Å². The lowest BCUT2D eigenvalue weighted by atomic mass is 9.92. The van der Waals surface area contributed by atoms with Gasteiger partial charge < -0.3 is 4.74 Å². The van der Waals surface area contributed by atoms with Gasteiger partial charge in [0.1, 0.15) is 0 Å². The molecule has 1 fully saturated rings. The molecule has 1 aromatic rings. The Morgan fingerprint density at radius 1 is 1.25 bits per heavy atom. The van der Waals surface area contributed by atoms with E-state index in [1.165, 1.54) is 12.3 Å². The highest BCUT2D eigenvalue weighted by atomic mass is 19.4. The molecule has 0 amide bonds. The number of nitrogens with zero attached hydrogens (tertiary/aromatic N) is 1. The van der Waals surface area contributed by atoms with Crippen LogP contribution in [0.1, 0.15) is 30.0 Å². The van der Waals surface area contributed by atoms with Crippen molar-refractivity contribution in [1.29, 1.82) is 0 Å². The van der Waals surface area contributed by atoms with Gasteiger partial charge in [-0.15, -0.1) is 0 Å². The monoisotopic (exact) mass is 231 g/mol. The first-order chi connectivity index (χ1) is 7.59. The fraction of sp³-hybridized carbons (Fsp3) is 0.545. The molecular weight excluding hydrogens is 219 g/mol.